The summed E-state index contributed by atoms with van der Waals surface area (Å²) in [6, 6.07) is 0. The van der Waals surface area contributed by atoms with Crippen LogP contribution in [0.1, 0.15) is 187 Å². The predicted molar refractivity (Wildman–Crippen MR) is 293 cm³/mol. The summed E-state index contributed by atoms with van der Waals surface area (Å²) in [5.41, 5.74) is 0. The molecule has 14 nitrogen and oxygen atoms in total. The van der Waals surface area contributed by atoms with Crippen molar-refractivity contribution in [2.45, 2.75) is 255 Å². The normalized spacial score (nSPS) is 25.4. The minimum absolute atomic E-state index is 0.0446. The molecule has 2 aliphatic heterocycles. The van der Waals surface area contributed by atoms with Crippen LogP contribution in [0.2, 0.25) is 0 Å². The summed E-state index contributed by atoms with van der Waals surface area (Å²) >= 11 is 0. The first-order valence-corrected chi connectivity index (χ1v) is 28.7. The average molecular weight is 1050 g/mol. The van der Waals surface area contributed by atoms with Gasteiger partial charge in [0.05, 0.1) is 26.4 Å². The van der Waals surface area contributed by atoms with Gasteiger partial charge in [-0.05, 0) is 89.9 Å². The molecule has 2 rings (SSSR count). The van der Waals surface area contributed by atoms with Crippen molar-refractivity contribution in [1.82, 2.24) is 0 Å². The number of aliphatic hydroxyl groups excluding tert-OH is 7. The van der Waals surface area contributed by atoms with Gasteiger partial charge < -0.3 is 64.2 Å². The minimum atomic E-state index is -1.72. The Morgan fingerprint density at radius 3 is 1.38 bits per heavy atom. The van der Waals surface area contributed by atoms with E-state index in [0.29, 0.717) is 13.0 Å². The summed E-state index contributed by atoms with van der Waals surface area (Å²) in [6.07, 6.45) is 43.5. The molecule has 14 heteroatoms. The molecule has 11 atom stereocenters. The Bertz CT molecular complexity index is 1540. The maximum absolute atomic E-state index is 13.1. The van der Waals surface area contributed by atoms with Gasteiger partial charge in [0.15, 0.2) is 12.6 Å². The molecule has 7 N–H and O–H groups in total. The monoisotopic (exact) mass is 1050 g/mol. The fourth-order valence-corrected chi connectivity index (χ4v) is 8.52. The molecule has 0 amide bonds. The van der Waals surface area contributed by atoms with Crippen molar-refractivity contribution >= 4 is 5.97 Å². The van der Waals surface area contributed by atoms with E-state index in [4.69, 9.17) is 28.4 Å². The lowest BCUT2D eigenvalue weighted by atomic mass is 9.98. The van der Waals surface area contributed by atoms with Gasteiger partial charge in [-0.15, -0.1) is 0 Å². The molecule has 426 valence electrons. The molecule has 0 aromatic carbocycles. The fraction of sp³-hybridized carbons (Fsp3) is 0.750. The molecule has 2 fully saturated rings. The SMILES string of the molecule is CC/C=C\C/C=C\C/C=C\C/C=C\C/C=C\CCCCCCCC(=O)OC(COCCCCCCCCCC/C=C\C/C=C\CCCCCC)COC1OC(COC2OC(CO)C(O)C(O)C2O)C(O)C(O)C1O. The van der Waals surface area contributed by atoms with Gasteiger partial charge in [-0.3, -0.25) is 4.79 Å². The highest BCUT2D eigenvalue weighted by atomic mass is 16.7. The molecule has 0 bridgehead atoms. The van der Waals surface area contributed by atoms with Crippen molar-refractivity contribution < 1.29 is 69.0 Å². The summed E-state index contributed by atoms with van der Waals surface area (Å²) in [7, 11) is 0. The van der Waals surface area contributed by atoms with Crippen LogP contribution in [0.25, 0.3) is 0 Å². The molecule has 0 spiro atoms. The zero-order chi connectivity index (χ0) is 53.7. The molecule has 11 unspecified atom stereocenters. The molecule has 2 saturated heterocycles. The third kappa shape index (κ3) is 32.7. The second-order valence-corrected chi connectivity index (χ2v) is 19.7. The van der Waals surface area contributed by atoms with Crippen LogP contribution in [0, 0.1) is 0 Å². The first-order valence-electron chi connectivity index (χ1n) is 28.7. The average Bonchev–Trinajstić information content (AvgIpc) is 3.40. The minimum Gasteiger partial charge on any atom is -0.457 e. The number of allylic oxidation sites excluding steroid dienone is 14. The van der Waals surface area contributed by atoms with Crippen LogP contribution in [0.15, 0.2) is 85.1 Å². The van der Waals surface area contributed by atoms with Crippen molar-refractivity contribution in [2.75, 3.05) is 33.0 Å². The van der Waals surface area contributed by atoms with Crippen LogP contribution < -0.4 is 0 Å². The first-order chi connectivity index (χ1) is 36.1. The highest BCUT2D eigenvalue weighted by Crippen LogP contribution is 2.26. The van der Waals surface area contributed by atoms with Gasteiger partial charge in [-0.1, -0.05) is 176 Å². The second-order valence-electron chi connectivity index (χ2n) is 19.7. The lowest BCUT2D eigenvalue weighted by Gasteiger charge is -2.42. The molecule has 0 aromatic rings. The maximum Gasteiger partial charge on any atom is 0.306 e. The molecule has 0 radical (unpaired) electrons. The van der Waals surface area contributed by atoms with Gasteiger partial charge in [0.1, 0.15) is 54.9 Å². The fourth-order valence-electron chi connectivity index (χ4n) is 8.52. The smallest absolute Gasteiger partial charge is 0.306 e. The van der Waals surface area contributed by atoms with E-state index in [-0.39, 0.29) is 19.6 Å². The summed E-state index contributed by atoms with van der Waals surface area (Å²) in [5, 5.41) is 72.3. The largest absolute Gasteiger partial charge is 0.457 e. The number of unbranched alkanes of at least 4 members (excludes halogenated alkanes) is 17. The molecule has 74 heavy (non-hydrogen) atoms. The van der Waals surface area contributed by atoms with Gasteiger partial charge in [-0.2, -0.15) is 0 Å². The van der Waals surface area contributed by atoms with Crippen molar-refractivity contribution in [1.29, 1.82) is 0 Å². The molecule has 2 aliphatic rings. The number of carbonyl (C=O) groups is 1. The molecule has 0 aliphatic carbocycles. The van der Waals surface area contributed by atoms with Crippen LogP contribution in [0.4, 0.5) is 0 Å². The number of ether oxygens (including phenoxy) is 6. The standard InChI is InChI=1S/C60H102O14/c1-3-5-7-9-11-13-15-17-19-21-23-24-25-27-29-31-33-35-37-39-41-43-52(62)72-49(46-69-44-42-40-38-36-34-32-30-28-26-22-20-18-16-14-12-10-8-6-4-2)47-70-59-58(68)56(66)54(64)51(74-59)48-71-60-57(67)55(65)53(63)50(45-61)73-60/h5,7,11,13-14,16-17,19-20,22-24,27,29,49-51,53-61,63-68H,3-4,6,8-10,12,15,18,21,25-26,28,30-48H2,1-2H3/b7-5-,13-11-,16-14-,19-17-,22-20-,24-23-,29-27-. The molecule has 2 heterocycles. The first kappa shape index (κ1) is 67.3. The van der Waals surface area contributed by atoms with Crippen LogP contribution >= 0.6 is 0 Å². The Morgan fingerprint density at radius 2 is 0.878 bits per heavy atom. The van der Waals surface area contributed by atoms with Crippen LogP contribution in [0.3, 0.4) is 0 Å². The van der Waals surface area contributed by atoms with Crippen molar-refractivity contribution in [3.8, 4) is 0 Å². The summed E-state index contributed by atoms with van der Waals surface area (Å²) < 4.78 is 34.4. The highest BCUT2D eigenvalue weighted by Gasteiger charge is 2.47. The van der Waals surface area contributed by atoms with Crippen molar-refractivity contribution in [3.05, 3.63) is 85.1 Å². The number of rotatable bonds is 45. The molecule has 0 aromatic heterocycles. The van der Waals surface area contributed by atoms with Gasteiger partial charge in [0.25, 0.3) is 0 Å². The summed E-state index contributed by atoms with van der Waals surface area (Å²) in [5.74, 6) is -0.399. The quantitative estimate of drug-likeness (QED) is 0.0172. The number of carbonyl (C=O) groups excluding carboxylic acids is 1. The zero-order valence-electron chi connectivity index (χ0n) is 45.5. The maximum atomic E-state index is 13.1. The van der Waals surface area contributed by atoms with E-state index in [0.717, 1.165) is 96.3 Å². The highest BCUT2D eigenvalue weighted by molar-refractivity contribution is 5.69. The molecular formula is C60H102O14. The van der Waals surface area contributed by atoms with E-state index < -0.39 is 86.7 Å². The lowest BCUT2D eigenvalue weighted by Crippen LogP contribution is -2.61. The van der Waals surface area contributed by atoms with Gasteiger partial charge in [0, 0.05) is 13.0 Å². The number of hydrogen-bond donors (Lipinski definition) is 7. The number of hydrogen-bond acceptors (Lipinski definition) is 14. The Morgan fingerprint density at radius 1 is 0.459 bits per heavy atom. The van der Waals surface area contributed by atoms with Crippen LogP contribution in [-0.2, 0) is 33.2 Å². The Labute approximate surface area is 446 Å². The molecule has 0 saturated carbocycles. The van der Waals surface area contributed by atoms with Gasteiger partial charge in [0.2, 0.25) is 0 Å². The van der Waals surface area contributed by atoms with E-state index in [1.54, 1.807) is 0 Å². The van der Waals surface area contributed by atoms with E-state index in [1.165, 1.54) is 64.2 Å². The van der Waals surface area contributed by atoms with Crippen LogP contribution in [-0.4, -0.2) is 142 Å². The zero-order valence-corrected chi connectivity index (χ0v) is 45.5. The van der Waals surface area contributed by atoms with E-state index in [2.05, 4.69) is 98.9 Å². The third-order valence-electron chi connectivity index (χ3n) is 13.1. The Hall–Kier alpha value is -2.83. The number of aliphatic hydroxyl groups is 7. The topological polar surface area (TPSA) is 214 Å². The lowest BCUT2D eigenvalue weighted by molar-refractivity contribution is -0.332. The number of esters is 1. The Kier molecular flexibility index (Phi) is 42.1. The van der Waals surface area contributed by atoms with Crippen molar-refractivity contribution in [3.63, 3.8) is 0 Å². The Balaban J connectivity index is 1.74. The predicted octanol–water partition coefficient (Wildman–Crippen LogP) is 10.0. The second kappa shape index (κ2) is 46.3. The molecular weight excluding hydrogens is 945 g/mol. The summed E-state index contributed by atoms with van der Waals surface area (Å²) in [4.78, 5) is 13.1. The third-order valence-corrected chi connectivity index (χ3v) is 13.1. The van der Waals surface area contributed by atoms with Crippen molar-refractivity contribution in [2.24, 2.45) is 0 Å². The summed E-state index contributed by atoms with van der Waals surface area (Å²) in [6.45, 7) is 3.51. The van der Waals surface area contributed by atoms with Crippen LogP contribution in [0.5, 0.6) is 0 Å². The van der Waals surface area contributed by atoms with E-state index >= 15 is 0 Å². The van der Waals surface area contributed by atoms with Gasteiger partial charge in [-0.25, -0.2) is 0 Å². The van der Waals surface area contributed by atoms with Gasteiger partial charge >= 0.3 is 5.97 Å². The van der Waals surface area contributed by atoms with E-state index in [1.807, 2.05) is 0 Å². The van der Waals surface area contributed by atoms with E-state index in [9.17, 15) is 40.5 Å².